The molecular weight excluding hydrogens is 599 g/mol. The molecule has 2 fully saturated rings. The minimum atomic E-state index is -4.76. The highest BCUT2D eigenvalue weighted by Gasteiger charge is 2.39. The first-order valence-electron chi connectivity index (χ1n) is 12.5. The van der Waals surface area contributed by atoms with E-state index >= 15 is 0 Å². The monoisotopic (exact) mass is 627 g/mol. The highest BCUT2D eigenvalue weighted by Crippen LogP contribution is 2.41. The number of hydrogen-bond acceptors (Lipinski definition) is 7. The van der Waals surface area contributed by atoms with Gasteiger partial charge in [-0.15, -0.1) is 11.3 Å². The van der Waals surface area contributed by atoms with E-state index in [1.165, 1.54) is 19.1 Å². The van der Waals surface area contributed by atoms with Gasteiger partial charge in [-0.1, -0.05) is 36.9 Å². The molecule has 0 spiro atoms. The van der Waals surface area contributed by atoms with Crippen molar-refractivity contribution in [3.05, 3.63) is 33.4 Å². The first-order chi connectivity index (χ1) is 18.1. The molecule has 1 aromatic carbocycles. The molecule has 0 radical (unpaired) electrons. The van der Waals surface area contributed by atoms with Gasteiger partial charge in [-0.2, -0.15) is 17.9 Å². The molecule has 2 heterocycles. The van der Waals surface area contributed by atoms with Crippen molar-refractivity contribution in [1.29, 1.82) is 0 Å². The third-order valence-corrected chi connectivity index (χ3v) is 12.2. The lowest BCUT2D eigenvalue weighted by Gasteiger charge is -2.25. The first kappa shape index (κ1) is 30.2. The number of halogens is 4. The fourth-order valence-electron chi connectivity index (χ4n) is 4.55. The third kappa shape index (κ3) is 6.95. The van der Waals surface area contributed by atoms with E-state index in [0.29, 0.717) is 48.2 Å². The second-order valence-corrected chi connectivity index (χ2v) is 15.5. The van der Waals surface area contributed by atoms with Crippen LogP contribution < -0.4 is 10.0 Å². The van der Waals surface area contributed by atoms with E-state index in [4.69, 9.17) is 11.6 Å². The lowest BCUT2D eigenvalue weighted by molar-refractivity contribution is -0.147. The zero-order valence-corrected chi connectivity index (χ0v) is 24.5. The number of amides is 1. The number of benzene rings is 1. The van der Waals surface area contributed by atoms with Crippen LogP contribution >= 0.6 is 22.9 Å². The maximum absolute atomic E-state index is 13.0. The van der Waals surface area contributed by atoms with E-state index in [0.717, 1.165) is 30.6 Å². The van der Waals surface area contributed by atoms with Gasteiger partial charge in [0.2, 0.25) is 10.0 Å². The van der Waals surface area contributed by atoms with Crippen LogP contribution in [0.4, 0.5) is 13.2 Å². The van der Waals surface area contributed by atoms with Crippen molar-refractivity contribution in [3.8, 4) is 10.4 Å². The Morgan fingerprint density at radius 1 is 1.21 bits per heavy atom. The number of carbonyl (C=O) groups excluding carboxylic acids is 1. The van der Waals surface area contributed by atoms with Gasteiger partial charge in [0, 0.05) is 11.6 Å². The van der Waals surface area contributed by atoms with Gasteiger partial charge >= 0.3 is 6.18 Å². The summed E-state index contributed by atoms with van der Waals surface area (Å²) in [6, 6.07) is 0.0524. The molecule has 0 bridgehead atoms. The van der Waals surface area contributed by atoms with Gasteiger partial charge in [-0.3, -0.25) is 4.79 Å². The van der Waals surface area contributed by atoms with E-state index in [9.17, 15) is 34.8 Å². The van der Waals surface area contributed by atoms with Crippen LogP contribution in [-0.4, -0.2) is 57.5 Å². The summed E-state index contributed by atoms with van der Waals surface area (Å²) in [7, 11) is -7.61. The molecule has 0 unspecified atom stereocenters. The molecule has 1 atom stereocenters. The van der Waals surface area contributed by atoms with Crippen molar-refractivity contribution in [2.75, 3.05) is 11.5 Å². The average Bonchev–Trinajstić information content (AvgIpc) is 3.22. The topological polar surface area (TPSA) is 122 Å². The molecule has 8 nitrogen and oxygen atoms in total. The Hall–Kier alpha value is -1.74. The Kier molecular flexibility index (Phi) is 8.73. The van der Waals surface area contributed by atoms with E-state index in [2.05, 4.69) is 10.3 Å². The first-order valence-corrected chi connectivity index (χ1v) is 17.0. The predicted molar refractivity (Wildman–Crippen MR) is 143 cm³/mol. The zero-order chi connectivity index (χ0) is 28.8. The summed E-state index contributed by atoms with van der Waals surface area (Å²) in [6.45, 7) is 2.13. The molecule has 1 saturated carbocycles. The summed E-state index contributed by atoms with van der Waals surface area (Å²) >= 11 is 7.70. The number of nitrogens with zero attached hydrogens (tertiary/aromatic N) is 1. The van der Waals surface area contributed by atoms with Crippen LogP contribution in [0.1, 0.15) is 60.1 Å². The van der Waals surface area contributed by atoms with Crippen molar-refractivity contribution in [3.63, 3.8) is 0 Å². The highest BCUT2D eigenvalue weighted by atomic mass is 35.5. The van der Waals surface area contributed by atoms with Crippen molar-refractivity contribution in [1.82, 2.24) is 15.0 Å². The summed E-state index contributed by atoms with van der Waals surface area (Å²) in [5.41, 5.74) is 1.15. The maximum Gasteiger partial charge on any atom is 0.404 e. The van der Waals surface area contributed by atoms with E-state index in [1.54, 1.807) is 4.72 Å². The smallest absolute Gasteiger partial charge is 0.347 e. The normalized spacial score (nSPS) is 19.4. The number of rotatable bonds is 8. The van der Waals surface area contributed by atoms with Crippen LogP contribution in [0, 0.1) is 12.8 Å². The Labute approximate surface area is 234 Å². The van der Waals surface area contributed by atoms with Crippen molar-refractivity contribution in [2.45, 2.75) is 75.5 Å². The number of sulfonamides is 1. The predicted octanol–water partition coefficient (Wildman–Crippen LogP) is 4.65. The average molecular weight is 628 g/mol. The number of hydrogen-bond donors (Lipinski definition) is 2. The molecule has 1 saturated heterocycles. The van der Waals surface area contributed by atoms with Gasteiger partial charge < -0.3 is 5.32 Å². The highest BCUT2D eigenvalue weighted by molar-refractivity contribution is 7.91. The quantitative estimate of drug-likeness (QED) is 0.439. The Bertz CT molecular complexity index is 1460. The molecule has 4 rings (SSSR count). The molecule has 2 aromatic rings. The fraction of sp³-hybridized carbons (Fsp3) is 0.583. The summed E-state index contributed by atoms with van der Waals surface area (Å²) in [4.78, 5) is 17.8. The molecule has 216 valence electrons. The molecular formula is C24H29ClF3N3O5S3. The maximum atomic E-state index is 13.0. The molecule has 15 heteroatoms. The Morgan fingerprint density at radius 3 is 2.41 bits per heavy atom. The van der Waals surface area contributed by atoms with E-state index in [-0.39, 0.29) is 38.0 Å². The lowest BCUT2D eigenvalue weighted by Crippen LogP contribution is -2.43. The van der Waals surface area contributed by atoms with Gasteiger partial charge in [0.25, 0.3) is 5.91 Å². The Morgan fingerprint density at radius 2 is 1.85 bits per heavy atom. The van der Waals surface area contributed by atoms with Crippen molar-refractivity contribution in [2.24, 2.45) is 5.92 Å². The zero-order valence-electron chi connectivity index (χ0n) is 21.3. The minimum Gasteiger partial charge on any atom is -0.347 e. The van der Waals surface area contributed by atoms with Crippen LogP contribution in [-0.2, 0) is 26.3 Å². The van der Waals surface area contributed by atoms with Gasteiger partial charge in [-0.05, 0) is 50.7 Å². The number of nitrogens with one attached hydrogen (secondary N) is 2. The molecule has 1 aliphatic carbocycles. The van der Waals surface area contributed by atoms with Crippen molar-refractivity contribution >= 4 is 48.7 Å². The molecule has 2 aliphatic rings. The van der Waals surface area contributed by atoms with Crippen LogP contribution in [0.2, 0.25) is 5.02 Å². The number of sulfone groups is 1. The second-order valence-electron chi connectivity index (χ2n) is 10.1. The Balaban J connectivity index is 1.64. The van der Waals surface area contributed by atoms with Gasteiger partial charge in [0.05, 0.1) is 32.0 Å². The van der Waals surface area contributed by atoms with Crippen LogP contribution in [0.3, 0.4) is 0 Å². The molecule has 39 heavy (non-hydrogen) atoms. The van der Waals surface area contributed by atoms with Gasteiger partial charge in [0.1, 0.15) is 15.9 Å². The molecule has 1 aromatic heterocycles. The lowest BCUT2D eigenvalue weighted by atomic mass is 9.82. The number of alkyl halides is 3. The standard InChI is InChI=1S/C24H29ClF3N3O5S3/c1-13-19(39(35,36)31-14(2)24(26,27)28)7-6-17(20(13)25)21-18(12-15-4-3-5-15)30-23(37-21)22(32)29-16-8-10-38(33,34)11-9-16/h6-7,14-16,31H,3-5,8-12H2,1-2H3,(H,29,32)/t14-/m0/s1. The number of thiazole rings is 1. The largest absolute Gasteiger partial charge is 0.404 e. The van der Waals surface area contributed by atoms with Crippen LogP contribution in [0.25, 0.3) is 10.4 Å². The van der Waals surface area contributed by atoms with E-state index in [1.807, 2.05) is 0 Å². The third-order valence-electron chi connectivity index (χ3n) is 7.18. The molecule has 2 N–H and O–H groups in total. The fourth-order valence-corrected chi connectivity index (χ4v) is 8.92. The SMILES string of the molecule is Cc1c(S(=O)(=O)N[C@@H](C)C(F)(F)F)ccc(-c2sc(C(=O)NC3CCS(=O)(=O)CC3)nc2CC2CCC2)c1Cl. The van der Waals surface area contributed by atoms with E-state index < -0.39 is 38.0 Å². The number of carbonyl (C=O) groups is 1. The van der Waals surface area contributed by atoms with Crippen LogP contribution in [0.15, 0.2) is 17.0 Å². The molecule has 1 aliphatic heterocycles. The summed E-state index contributed by atoms with van der Waals surface area (Å²) < 4.78 is 89.4. The van der Waals surface area contributed by atoms with Crippen LogP contribution in [0.5, 0.6) is 0 Å². The van der Waals surface area contributed by atoms with Gasteiger partial charge in [0.15, 0.2) is 5.01 Å². The van der Waals surface area contributed by atoms with Gasteiger partial charge in [-0.25, -0.2) is 21.8 Å². The summed E-state index contributed by atoms with van der Waals surface area (Å²) in [5, 5.41) is 3.09. The number of aromatic nitrogens is 1. The minimum absolute atomic E-state index is 0.00867. The summed E-state index contributed by atoms with van der Waals surface area (Å²) in [5.74, 6) is -0.0237. The second kappa shape index (κ2) is 11.3. The molecule has 1 amide bonds. The van der Waals surface area contributed by atoms with Crippen molar-refractivity contribution < 1.29 is 34.8 Å². The summed E-state index contributed by atoms with van der Waals surface area (Å²) in [6.07, 6.45) is -0.387.